The maximum absolute atomic E-state index is 15.9. The van der Waals surface area contributed by atoms with Crippen molar-refractivity contribution in [2.45, 2.75) is 44.1 Å². The second-order valence-electron chi connectivity index (χ2n) is 8.79. The van der Waals surface area contributed by atoms with E-state index in [1.807, 2.05) is 24.5 Å². The van der Waals surface area contributed by atoms with Crippen LogP contribution >= 0.6 is 0 Å². The summed E-state index contributed by atoms with van der Waals surface area (Å²) in [5.41, 5.74) is 2.06. The molecule has 6 nitrogen and oxygen atoms in total. The summed E-state index contributed by atoms with van der Waals surface area (Å²) in [6.07, 6.45) is 2.07. The molecule has 0 spiro atoms. The van der Waals surface area contributed by atoms with Gasteiger partial charge < -0.3 is 14.4 Å². The van der Waals surface area contributed by atoms with Crippen LogP contribution in [0.2, 0.25) is 0 Å². The molecular weight excluding hydrogens is 416 g/mol. The number of nitrogens with one attached hydrogen (secondary N) is 1. The van der Waals surface area contributed by atoms with E-state index in [0.29, 0.717) is 27.5 Å². The van der Waals surface area contributed by atoms with Gasteiger partial charge in [-0.15, -0.1) is 0 Å². The Morgan fingerprint density at radius 2 is 1.97 bits per heavy atom. The lowest BCUT2D eigenvalue weighted by Crippen LogP contribution is -2.51. The van der Waals surface area contributed by atoms with Gasteiger partial charge in [-0.05, 0) is 60.6 Å². The molecule has 0 unspecified atom stereocenters. The fraction of sp³-hybridized carbons (Fsp3) is 0.333. The van der Waals surface area contributed by atoms with E-state index in [4.69, 9.17) is 4.74 Å². The molecule has 5 rings (SSSR count). The molecular formula is C24H23F2N3O3. The molecule has 1 saturated carbocycles. The van der Waals surface area contributed by atoms with Crippen LogP contribution in [0.5, 0.6) is 0 Å². The number of aromatic amines is 1. The van der Waals surface area contributed by atoms with Gasteiger partial charge in [-0.3, -0.25) is 5.10 Å². The summed E-state index contributed by atoms with van der Waals surface area (Å²) >= 11 is 0. The smallest absolute Gasteiger partial charge is 0.335 e. The highest BCUT2D eigenvalue weighted by atomic mass is 19.1. The van der Waals surface area contributed by atoms with Gasteiger partial charge in [0.1, 0.15) is 11.3 Å². The Balaban J connectivity index is 1.83. The second kappa shape index (κ2) is 7.13. The van der Waals surface area contributed by atoms with Crippen LogP contribution in [-0.4, -0.2) is 38.6 Å². The first kappa shape index (κ1) is 20.6. The molecule has 0 atom stereocenters. The van der Waals surface area contributed by atoms with E-state index in [1.165, 1.54) is 19.2 Å². The minimum Gasteiger partial charge on any atom is -0.479 e. The number of carboxylic acids is 1. The summed E-state index contributed by atoms with van der Waals surface area (Å²) in [6, 6.07) is 7.96. The van der Waals surface area contributed by atoms with E-state index >= 15 is 4.39 Å². The minimum atomic E-state index is -1.27. The molecule has 4 aromatic rings. The monoisotopic (exact) mass is 439 g/mol. The lowest BCUT2D eigenvalue weighted by Gasteiger charge is -2.43. The normalized spacial score (nSPS) is 20.9. The Hall–Kier alpha value is -3.26. The van der Waals surface area contributed by atoms with Crippen LogP contribution < -0.4 is 0 Å². The first-order chi connectivity index (χ1) is 15.3. The molecule has 0 saturated heterocycles. The SMILES string of the molecule is CO[C@]1(C(=O)O)C[C@H](c2c(C(C)C)n(-c3ccc(F)cc3)c3cc4cn[nH]c4c(F)c32)C1. The van der Waals surface area contributed by atoms with Crippen LogP contribution in [0.3, 0.4) is 0 Å². The lowest BCUT2D eigenvalue weighted by molar-refractivity contribution is -0.175. The fourth-order valence-corrected chi connectivity index (χ4v) is 5.07. The number of hydrogen-bond donors (Lipinski definition) is 2. The number of aliphatic carboxylic acids is 1. The zero-order valence-electron chi connectivity index (χ0n) is 17.9. The van der Waals surface area contributed by atoms with Gasteiger partial charge in [-0.2, -0.15) is 5.10 Å². The van der Waals surface area contributed by atoms with Gasteiger partial charge in [0.2, 0.25) is 0 Å². The Kier molecular flexibility index (Phi) is 4.60. The van der Waals surface area contributed by atoms with Gasteiger partial charge in [-0.25, -0.2) is 13.6 Å². The molecule has 166 valence electrons. The molecule has 8 heteroatoms. The first-order valence-electron chi connectivity index (χ1n) is 10.5. The summed E-state index contributed by atoms with van der Waals surface area (Å²) in [4.78, 5) is 11.8. The number of rotatable bonds is 5. The molecule has 0 aliphatic heterocycles. The Bertz CT molecular complexity index is 1350. The molecule has 1 aliphatic carbocycles. The number of ether oxygens (including phenoxy) is 1. The molecule has 0 amide bonds. The zero-order chi connectivity index (χ0) is 22.8. The van der Waals surface area contributed by atoms with Gasteiger partial charge in [0.05, 0.1) is 11.7 Å². The van der Waals surface area contributed by atoms with Gasteiger partial charge >= 0.3 is 5.97 Å². The van der Waals surface area contributed by atoms with E-state index in [9.17, 15) is 14.3 Å². The standard InChI is InChI=1S/C24H23F2N3O3/c1-12(2)22-18(14-9-24(10-14,32-3)23(30)31)19-17(8-13-11-27-28-21(13)20(19)26)29(22)16-6-4-15(25)5-7-16/h4-8,11-12,14H,9-10H2,1-3H3,(H,27,28)(H,30,31)/t14-,24+. The van der Waals surface area contributed by atoms with Crippen LogP contribution in [-0.2, 0) is 9.53 Å². The van der Waals surface area contributed by atoms with Crippen molar-refractivity contribution >= 4 is 27.8 Å². The molecule has 2 aromatic heterocycles. The highest BCUT2D eigenvalue weighted by molar-refractivity contribution is 6.00. The van der Waals surface area contributed by atoms with Crippen LogP contribution in [0, 0.1) is 11.6 Å². The number of carboxylic acid groups (broad SMARTS) is 1. The third-order valence-corrected chi connectivity index (χ3v) is 6.66. The van der Waals surface area contributed by atoms with Gasteiger partial charge in [0, 0.05) is 29.3 Å². The number of carbonyl (C=O) groups is 1. The molecule has 1 aliphatic rings. The summed E-state index contributed by atoms with van der Waals surface area (Å²) in [5.74, 6) is -1.98. The number of fused-ring (bicyclic) bond motifs is 2. The number of aromatic nitrogens is 3. The fourth-order valence-electron chi connectivity index (χ4n) is 5.07. The van der Waals surface area contributed by atoms with Crippen molar-refractivity contribution < 1.29 is 23.4 Å². The molecule has 32 heavy (non-hydrogen) atoms. The average Bonchev–Trinajstić information content (AvgIpc) is 3.32. The lowest BCUT2D eigenvalue weighted by atomic mass is 9.66. The number of H-pyrrole nitrogens is 1. The van der Waals surface area contributed by atoms with E-state index < -0.39 is 17.4 Å². The Morgan fingerprint density at radius 1 is 1.28 bits per heavy atom. The van der Waals surface area contributed by atoms with E-state index in [-0.39, 0.29) is 30.5 Å². The molecule has 2 aromatic carbocycles. The number of hydrogen-bond acceptors (Lipinski definition) is 3. The van der Waals surface area contributed by atoms with Crippen molar-refractivity contribution in [2.75, 3.05) is 7.11 Å². The predicted molar refractivity (Wildman–Crippen MR) is 116 cm³/mol. The maximum Gasteiger partial charge on any atom is 0.335 e. The van der Waals surface area contributed by atoms with Crippen molar-refractivity contribution in [3.8, 4) is 5.69 Å². The predicted octanol–water partition coefficient (Wildman–Crippen LogP) is 5.26. The first-order valence-corrected chi connectivity index (χ1v) is 10.5. The number of nitrogens with zero attached hydrogens (tertiary/aromatic N) is 2. The molecule has 0 bridgehead atoms. The van der Waals surface area contributed by atoms with Gasteiger partial charge in [-0.1, -0.05) is 13.8 Å². The number of benzene rings is 2. The average molecular weight is 439 g/mol. The Morgan fingerprint density at radius 3 is 2.56 bits per heavy atom. The topological polar surface area (TPSA) is 80.1 Å². The van der Waals surface area contributed by atoms with Crippen LogP contribution in [0.1, 0.15) is 49.8 Å². The second-order valence-corrected chi connectivity index (χ2v) is 8.79. The number of halogens is 2. The van der Waals surface area contributed by atoms with Crippen molar-refractivity contribution in [3.05, 3.63) is 59.4 Å². The minimum absolute atomic E-state index is 0.000642. The third kappa shape index (κ3) is 2.79. The van der Waals surface area contributed by atoms with Crippen molar-refractivity contribution in [1.82, 2.24) is 14.8 Å². The van der Waals surface area contributed by atoms with Gasteiger partial charge in [0.15, 0.2) is 11.4 Å². The summed E-state index contributed by atoms with van der Waals surface area (Å²) in [6.45, 7) is 4.03. The van der Waals surface area contributed by atoms with Crippen molar-refractivity contribution in [3.63, 3.8) is 0 Å². The van der Waals surface area contributed by atoms with Gasteiger partial charge in [0.25, 0.3) is 0 Å². The van der Waals surface area contributed by atoms with E-state index in [0.717, 1.165) is 11.3 Å². The van der Waals surface area contributed by atoms with Crippen molar-refractivity contribution in [2.24, 2.45) is 0 Å². The van der Waals surface area contributed by atoms with Crippen LogP contribution in [0.4, 0.5) is 8.78 Å². The molecule has 1 fully saturated rings. The summed E-state index contributed by atoms with van der Waals surface area (Å²) in [7, 11) is 1.39. The maximum atomic E-state index is 15.9. The van der Waals surface area contributed by atoms with Crippen LogP contribution in [0.15, 0.2) is 36.5 Å². The summed E-state index contributed by atoms with van der Waals surface area (Å²) < 4.78 is 36.8. The summed E-state index contributed by atoms with van der Waals surface area (Å²) in [5, 5.41) is 17.4. The largest absolute Gasteiger partial charge is 0.479 e. The molecule has 2 N–H and O–H groups in total. The highest BCUT2D eigenvalue weighted by Crippen LogP contribution is 2.52. The quantitative estimate of drug-likeness (QED) is 0.445. The number of methoxy groups -OCH3 is 1. The zero-order valence-corrected chi connectivity index (χ0v) is 17.9. The molecule has 0 radical (unpaired) electrons. The van der Waals surface area contributed by atoms with Crippen molar-refractivity contribution in [1.29, 1.82) is 0 Å². The highest BCUT2D eigenvalue weighted by Gasteiger charge is 2.53. The Labute approximate surface area is 182 Å². The van der Waals surface area contributed by atoms with Crippen LogP contribution in [0.25, 0.3) is 27.5 Å². The molecule has 2 heterocycles. The van der Waals surface area contributed by atoms with E-state index in [2.05, 4.69) is 10.2 Å². The van der Waals surface area contributed by atoms with E-state index in [1.54, 1.807) is 18.3 Å². The third-order valence-electron chi connectivity index (χ3n) is 6.66.